The molecular formula is C8H15F3N2OS. The number of carbonyl (C=O) groups is 1. The quantitative estimate of drug-likeness (QED) is 0.805. The van der Waals surface area contributed by atoms with Crippen LogP contribution >= 0.6 is 11.8 Å². The second-order valence-corrected chi connectivity index (χ2v) is 4.41. The van der Waals surface area contributed by atoms with Crippen molar-refractivity contribution < 1.29 is 18.0 Å². The molecule has 3 nitrogen and oxygen atoms in total. The molecule has 0 aromatic heterocycles. The Labute approximate surface area is 91.2 Å². The van der Waals surface area contributed by atoms with Crippen LogP contribution < -0.4 is 5.73 Å². The van der Waals surface area contributed by atoms with Gasteiger partial charge in [-0.25, -0.2) is 0 Å². The van der Waals surface area contributed by atoms with Gasteiger partial charge in [0.25, 0.3) is 5.91 Å². The Morgan fingerprint density at radius 1 is 1.47 bits per heavy atom. The first-order chi connectivity index (χ1) is 6.64. The lowest BCUT2D eigenvalue weighted by molar-refractivity contribution is -0.192. The van der Waals surface area contributed by atoms with Crippen molar-refractivity contribution in [1.29, 1.82) is 0 Å². The molecule has 0 radical (unpaired) electrons. The van der Waals surface area contributed by atoms with Crippen LogP contribution in [0.25, 0.3) is 0 Å². The van der Waals surface area contributed by atoms with E-state index in [0.717, 1.165) is 4.90 Å². The van der Waals surface area contributed by atoms with Gasteiger partial charge in [0.2, 0.25) is 0 Å². The molecule has 0 saturated heterocycles. The average Bonchev–Trinajstić information content (AvgIpc) is 2.10. The molecule has 0 aromatic carbocycles. The Balaban J connectivity index is 4.56. The smallest absolute Gasteiger partial charge is 0.343 e. The predicted molar refractivity (Wildman–Crippen MR) is 54.7 cm³/mol. The second kappa shape index (κ2) is 5.07. The Morgan fingerprint density at radius 3 is 2.27 bits per heavy atom. The number of carbonyl (C=O) groups excluding carboxylic acids is 1. The van der Waals surface area contributed by atoms with E-state index in [9.17, 15) is 18.0 Å². The van der Waals surface area contributed by atoms with Gasteiger partial charge in [-0.05, 0) is 13.2 Å². The number of alkyl halides is 3. The SMILES string of the molecule is CSCCN(C)C(=O)C(C)(N)C(F)(F)F. The molecule has 0 heterocycles. The number of hydrogen-bond acceptors (Lipinski definition) is 3. The van der Waals surface area contributed by atoms with Crippen LogP contribution in [0.3, 0.4) is 0 Å². The summed E-state index contributed by atoms with van der Waals surface area (Å²) in [5, 5.41) is 0. The fourth-order valence-electron chi connectivity index (χ4n) is 0.847. The van der Waals surface area contributed by atoms with E-state index in [1.807, 2.05) is 6.26 Å². The van der Waals surface area contributed by atoms with E-state index in [1.54, 1.807) is 0 Å². The fourth-order valence-corrected chi connectivity index (χ4v) is 1.30. The molecule has 1 amide bonds. The molecule has 0 aliphatic carbocycles. The predicted octanol–water partition coefficient (Wildman–Crippen LogP) is 1.09. The largest absolute Gasteiger partial charge is 0.415 e. The van der Waals surface area contributed by atoms with E-state index in [0.29, 0.717) is 12.7 Å². The standard InChI is InChI=1S/C8H15F3N2OS/c1-7(12,8(9,10)11)6(14)13(2)4-5-15-3/h4-5,12H2,1-3H3. The van der Waals surface area contributed by atoms with E-state index in [-0.39, 0.29) is 6.54 Å². The highest BCUT2D eigenvalue weighted by atomic mass is 32.2. The lowest BCUT2D eigenvalue weighted by Gasteiger charge is -2.30. The number of rotatable bonds is 4. The highest BCUT2D eigenvalue weighted by molar-refractivity contribution is 7.98. The van der Waals surface area contributed by atoms with Crippen molar-refractivity contribution in [2.75, 3.05) is 25.6 Å². The van der Waals surface area contributed by atoms with Gasteiger partial charge in [0.15, 0.2) is 5.54 Å². The molecule has 7 heteroatoms. The van der Waals surface area contributed by atoms with Crippen LogP contribution in [0.15, 0.2) is 0 Å². The van der Waals surface area contributed by atoms with Crippen LogP contribution in [0.4, 0.5) is 13.2 Å². The Hall–Kier alpha value is -0.430. The van der Waals surface area contributed by atoms with Gasteiger partial charge in [-0.3, -0.25) is 4.79 Å². The number of thioether (sulfide) groups is 1. The maximum atomic E-state index is 12.4. The Bertz CT molecular complexity index is 230. The summed E-state index contributed by atoms with van der Waals surface area (Å²) in [6, 6.07) is 0. The minimum atomic E-state index is -4.72. The molecule has 0 rings (SSSR count). The first-order valence-electron chi connectivity index (χ1n) is 4.24. The minimum absolute atomic E-state index is 0.253. The zero-order valence-corrected chi connectivity index (χ0v) is 9.71. The molecule has 0 saturated carbocycles. The summed E-state index contributed by atoms with van der Waals surface area (Å²) in [5.74, 6) is -0.528. The molecule has 0 aromatic rings. The van der Waals surface area contributed by atoms with E-state index >= 15 is 0 Å². The van der Waals surface area contributed by atoms with Crippen molar-refractivity contribution in [2.45, 2.75) is 18.6 Å². The van der Waals surface area contributed by atoms with Crippen LogP contribution in [-0.2, 0) is 4.79 Å². The maximum absolute atomic E-state index is 12.4. The first-order valence-corrected chi connectivity index (χ1v) is 5.64. The number of halogens is 3. The van der Waals surface area contributed by atoms with Crippen molar-refractivity contribution >= 4 is 17.7 Å². The van der Waals surface area contributed by atoms with Gasteiger partial charge in [-0.2, -0.15) is 24.9 Å². The molecule has 0 spiro atoms. The number of nitrogens with two attached hydrogens (primary N) is 1. The second-order valence-electron chi connectivity index (χ2n) is 3.42. The summed E-state index contributed by atoms with van der Waals surface area (Å²) in [6.07, 6.45) is -2.92. The molecule has 2 N–H and O–H groups in total. The highest BCUT2D eigenvalue weighted by Crippen LogP contribution is 2.29. The number of amides is 1. The zero-order chi connectivity index (χ0) is 12.3. The highest BCUT2D eigenvalue weighted by Gasteiger charge is 2.54. The Morgan fingerprint density at radius 2 is 1.93 bits per heavy atom. The van der Waals surface area contributed by atoms with E-state index in [1.165, 1.54) is 18.8 Å². The number of nitrogens with zero attached hydrogens (tertiary/aromatic N) is 1. The minimum Gasteiger partial charge on any atom is -0.343 e. The van der Waals surface area contributed by atoms with Gasteiger partial charge in [-0.1, -0.05) is 0 Å². The van der Waals surface area contributed by atoms with Crippen molar-refractivity contribution in [3.05, 3.63) is 0 Å². The summed E-state index contributed by atoms with van der Waals surface area (Å²) in [5.41, 5.74) is 2.18. The summed E-state index contributed by atoms with van der Waals surface area (Å²) in [6.45, 7) is 0.938. The van der Waals surface area contributed by atoms with E-state index in [4.69, 9.17) is 5.73 Å². The normalized spacial score (nSPS) is 15.9. The van der Waals surface area contributed by atoms with Crippen LogP contribution in [0.1, 0.15) is 6.92 Å². The van der Waals surface area contributed by atoms with Crippen LogP contribution in [0.2, 0.25) is 0 Å². The molecule has 1 atom stereocenters. The van der Waals surface area contributed by atoms with Gasteiger partial charge in [0, 0.05) is 19.3 Å². The zero-order valence-electron chi connectivity index (χ0n) is 8.89. The van der Waals surface area contributed by atoms with Crippen LogP contribution in [0.5, 0.6) is 0 Å². The molecule has 0 aliphatic rings. The molecule has 0 bridgehead atoms. The molecule has 0 aliphatic heterocycles. The fraction of sp³-hybridized carbons (Fsp3) is 0.875. The van der Waals surface area contributed by atoms with Gasteiger partial charge in [-0.15, -0.1) is 0 Å². The van der Waals surface area contributed by atoms with Crippen molar-refractivity contribution in [1.82, 2.24) is 4.90 Å². The summed E-state index contributed by atoms with van der Waals surface area (Å²) in [7, 11) is 1.31. The Kier molecular flexibility index (Phi) is 4.92. The number of hydrogen-bond donors (Lipinski definition) is 1. The van der Waals surface area contributed by atoms with Gasteiger partial charge >= 0.3 is 6.18 Å². The molecule has 15 heavy (non-hydrogen) atoms. The summed E-state index contributed by atoms with van der Waals surface area (Å²) >= 11 is 1.45. The lowest BCUT2D eigenvalue weighted by atomic mass is 10.0. The van der Waals surface area contributed by atoms with E-state index in [2.05, 4.69) is 0 Å². The topological polar surface area (TPSA) is 46.3 Å². The lowest BCUT2D eigenvalue weighted by Crippen LogP contribution is -2.61. The molecule has 90 valence electrons. The van der Waals surface area contributed by atoms with E-state index < -0.39 is 17.6 Å². The monoisotopic (exact) mass is 244 g/mol. The third-order valence-corrected chi connectivity index (χ3v) is 2.60. The molecule has 1 unspecified atom stereocenters. The van der Waals surface area contributed by atoms with Crippen LogP contribution in [0, 0.1) is 0 Å². The average molecular weight is 244 g/mol. The third kappa shape index (κ3) is 3.57. The summed E-state index contributed by atoms with van der Waals surface area (Å²) in [4.78, 5) is 12.4. The van der Waals surface area contributed by atoms with Crippen molar-refractivity contribution in [3.8, 4) is 0 Å². The number of likely N-dealkylation sites (N-methyl/N-ethyl adjacent to an activating group) is 1. The molecular weight excluding hydrogens is 229 g/mol. The maximum Gasteiger partial charge on any atom is 0.415 e. The van der Waals surface area contributed by atoms with Gasteiger partial charge in [0.1, 0.15) is 0 Å². The molecule has 0 fully saturated rings. The third-order valence-electron chi connectivity index (χ3n) is 2.01. The van der Waals surface area contributed by atoms with Crippen molar-refractivity contribution in [2.24, 2.45) is 5.73 Å². The van der Waals surface area contributed by atoms with Gasteiger partial charge in [0.05, 0.1) is 0 Å². The van der Waals surface area contributed by atoms with Crippen LogP contribution in [-0.4, -0.2) is 48.1 Å². The first kappa shape index (κ1) is 14.6. The van der Waals surface area contributed by atoms with Gasteiger partial charge < -0.3 is 10.6 Å². The van der Waals surface area contributed by atoms with Crippen molar-refractivity contribution in [3.63, 3.8) is 0 Å². The summed E-state index contributed by atoms with van der Waals surface area (Å²) < 4.78 is 37.2.